The van der Waals surface area contributed by atoms with Crippen LogP contribution in [-0.2, 0) is 15.1 Å². The summed E-state index contributed by atoms with van der Waals surface area (Å²) in [5.41, 5.74) is 0.468. The van der Waals surface area contributed by atoms with Gasteiger partial charge < -0.3 is 10.6 Å². The zero-order valence-corrected chi connectivity index (χ0v) is 19.2. The van der Waals surface area contributed by atoms with E-state index in [1.54, 1.807) is 6.92 Å². The van der Waals surface area contributed by atoms with Crippen LogP contribution in [0.25, 0.3) is 10.8 Å². The van der Waals surface area contributed by atoms with Gasteiger partial charge in [0.05, 0.1) is 6.04 Å². The molecule has 2 atom stereocenters. The van der Waals surface area contributed by atoms with Crippen LogP contribution in [0, 0.1) is 5.92 Å². The molecular weight excluding hydrogens is 414 g/mol. The molecule has 1 aliphatic rings. The fourth-order valence-corrected chi connectivity index (χ4v) is 4.50. The molecule has 3 aromatic carbocycles. The maximum absolute atomic E-state index is 13.4. The van der Waals surface area contributed by atoms with Gasteiger partial charge in [-0.15, -0.1) is 0 Å². The van der Waals surface area contributed by atoms with Gasteiger partial charge in [-0.25, -0.2) is 4.79 Å². The molecule has 2 N–H and O–H groups in total. The Morgan fingerprint density at radius 3 is 2.36 bits per heavy atom. The lowest BCUT2D eigenvalue weighted by molar-refractivity contribution is -0.135. The number of amides is 4. The average molecular weight is 444 g/mol. The molecule has 0 bridgehead atoms. The van der Waals surface area contributed by atoms with Gasteiger partial charge in [-0.1, -0.05) is 86.6 Å². The minimum absolute atomic E-state index is 0.191. The summed E-state index contributed by atoms with van der Waals surface area (Å²) in [4.78, 5) is 40.1. The minimum atomic E-state index is -1.24. The van der Waals surface area contributed by atoms with Gasteiger partial charge in [0, 0.05) is 0 Å². The molecule has 6 nitrogen and oxygen atoms in total. The topological polar surface area (TPSA) is 78.5 Å². The van der Waals surface area contributed by atoms with E-state index in [0.29, 0.717) is 11.5 Å². The number of nitrogens with one attached hydrogen (secondary N) is 2. The second kappa shape index (κ2) is 9.06. The van der Waals surface area contributed by atoms with E-state index in [0.717, 1.165) is 27.7 Å². The van der Waals surface area contributed by atoms with Crippen molar-refractivity contribution in [2.24, 2.45) is 5.92 Å². The van der Waals surface area contributed by atoms with Gasteiger partial charge in [0.25, 0.3) is 5.91 Å². The number of urea groups is 1. The number of imide groups is 1. The number of benzene rings is 3. The van der Waals surface area contributed by atoms with E-state index in [9.17, 15) is 14.4 Å². The summed E-state index contributed by atoms with van der Waals surface area (Å²) in [6, 6.07) is 22.4. The highest BCUT2D eigenvalue weighted by Gasteiger charge is 2.50. The van der Waals surface area contributed by atoms with Crippen LogP contribution in [0.1, 0.15) is 44.4 Å². The molecule has 1 fully saturated rings. The lowest BCUT2D eigenvalue weighted by Gasteiger charge is -2.24. The van der Waals surface area contributed by atoms with Gasteiger partial charge in [-0.05, 0) is 41.2 Å². The third-order valence-electron chi connectivity index (χ3n) is 6.15. The van der Waals surface area contributed by atoms with Crippen molar-refractivity contribution in [2.75, 3.05) is 6.54 Å². The molecule has 4 amide bonds. The Bertz CT molecular complexity index is 1190. The number of rotatable bonds is 7. The summed E-state index contributed by atoms with van der Waals surface area (Å²) in [5.74, 6) is -0.434. The number of carbonyl (C=O) groups excluding carboxylic acids is 3. The Morgan fingerprint density at radius 2 is 1.64 bits per heavy atom. The van der Waals surface area contributed by atoms with Crippen molar-refractivity contribution >= 4 is 28.6 Å². The lowest BCUT2D eigenvalue weighted by atomic mass is 9.88. The summed E-state index contributed by atoms with van der Waals surface area (Å²) < 4.78 is 0. The molecule has 1 saturated heterocycles. The smallest absolute Gasteiger partial charge is 0.325 e. The molecule has 3 aromatic rings. The number of hydrogen-bond donors (Lipinski definition) is 2. The maximum atomic E-state index is 13.4. The van der Waals surface area contributed by atoms with Crippen LogP contribution < -0.4 is 10.6 Å². The van der Waals surface area contributed by atoms with Crippen LogP contribution in [0.3, 0.4) is 0 Å². The zero-order chi connectivity index (χ0) is 23.6. The highest BCUT2D eigenvalue weighted by Crippen LogP contribution is 2.33. The molecule has 1 heterocycles. The lowest BCUT2D eigenvalue weighted by Crippen LogP contribution is -2.44. The van der Waals surface area contributed by atoms with Gasteiger partial charge in [0.15, 0.2) is 0 Å². The molecule has 170 valence electrons. The van der Waals surface area contributed by atoms with Crippen molar-refractivity contribution in [1.29, 1.82) is 0 Å². The SMILES string of the molecule is CC(C)C[C@@H](NC(=O)CN1C(=O)N[C@](C)(c2cccc3ccccc23)C1=O)c1ccccc1. The molecule has 0 aromatic heterocycles. The molecule has 0 saturated carbocycles. The monoisotopic (exact) mass is 443 g/mol. The van der Waals surface area contributed by atoms with E-state index in [2.05, 4.69) is 24.5 Å². The summed E-state index contributed by atoms with van der Waals surface area (Å²) in [6.07, 6.45) is 0.754. The van der Waals surface area contributed by atoms with Gasteiger partial charge in [-0.3, -0.25) is 14.5 Å². The first-order chi connectivity index (χ1) is 15.8. The number of hydrogen-bond acceptors (Lipinski definition) is 3. The largest absolute Gasteiger partial charge is 0.348 e. The van der Waals surface area contributed by atoms with Crippen molar-refractivity contribution in [3.63, 3.8) is 0 Å². The fourth-order valence-electron chi connectivity index (χ4n) is 4.50. The molecule has 4 rings (SSSR count). The van der Waals surface area contributed by atoms with E-state index >= 15 is 0 Å². The third-order valence-corrected chi connectivity index (χ3v) is 6.15. The Hall–Kier alpha value is -3.67. The van der Waals surface area contributed by atoms with Crippen molar-refractivity contribution < 1.29 is 14.4 Å². The van der Waals surface area contributed by atoms with Gasteiger partial charge in [-0.2, -0.15) is 0 Å². The summed E-state index contributed by atoms with van der Waals surface area (Å²) in [6.45, 7) is 5.55. The van der Waals surface area contributed by atoms with Crippen molar-refractivity contribution in [3.05, 3.63) is 83.9 Å². The van der Waals surface area contributed by atoms with Gasteiger partial charge >= 0.3 is 6.03 Å². The maximum Gasteiger partial charge on any atom is 0.325 e. The first-order valence-corrected chi connectivity index (χ1v) is 11.3. The van der Waals surface area contributed by atoms with Crippen molar-refractivity contribution in [1.82, 2.24) is 15.5 Å². The number of nitrogens with zero attached hydrogens (tertiary/aromatic N) is 1. The summed E-state index contributed by atoms with van der Waals surface area (Å²) >= 11 is 0. The second-order valence-corrected chi connectivity index (χ2v) is 9.13. The van der Waals surface area contributed by atoms with E-state index < -0.39 is 17.5 Å². The third kappa shape index (κ3) is 4.46. The molecule has 1 aliphatic heterocycles. The first-order valence-electron chi connectivity index (χ1n) is 11.3. The standard InChI is InChI=1S/C27H29N3O3/c1-18(2)16-23(20-11-5-4-6-12-20)28-24(31)17-30-25(32)27(3,29-26(30)33)22-15-9-13-19-10-7-8-14-21(19)22/h4-15,18,23H,16-17H2,1-3H3,(H,28,31)(H,29,33)/t23-,27-/m1/s1. The van der Waals surface area contributed by atoms with Gasteiger partial charge in [0.1, 0.15) is 12.1 Å². The van der Waals surface area contributed by atoms with E-state index in [4.69, 9.17) is 0 Å². The predicted molar refractivity (Wildman–Crippen MR) is 128 cm³/mol. The Balaban J connectivity index is 1.54. The van der Waals surface area contributed by atoms with Crippen molar-refractivity contribution in [3.8, 4) is 0 Å². The Labute approximate surface area is 194 Å². The molecule has 0 aliphatic carbocycles. The molecule has 0 radical (unpaired) electrons. The minimum Gasteiger partial charge on any atom is -0.348 e. The number of carbonyl (C=O) groups is 3. The molecule has 0 spiro atoms. The van der Waals surface area contributed by atoms with E-state index in [-0.39, 0.29) is 18.5 Å². The van der Waals surface area contributed by atoms with Crippen LogP contribution in [0.4, 0.5) is 4.79 Å². The normalized spacial score (nSPS) is 19.1. The summed E-state index contributed by atoms with van der Waals surface area (Å²) in [5, 5.41) is 7.71. The molecular formula is C27H29N3O3. The average Bonchev–Trinajstić information content (AvgIpc) is 3.02. The highest BCUT2D eigenvalue weighted by atomic mass is 16.2. The molecule has 6 heteroatoms. The summed E-state index contributed by atoms with van der Waals surface area (Å²) in [7, 11) is 0. The predicted octanol–water partition coefficient (Wildman–Crippen LogP) is 4.51. The van der Waals surface area contributed by atoms with E-state index in [1.807, 2.05) is 72.8 Å². The van der Waals surface area contributed by atoms with Crippen LogP contribution >= 0.6 is 0 Å². The molecule has 0 unspecified atom stereocenters. The Morgan fingerprint density at radius 1 is 0.970 bits per heavy atom. The van der Waals surface area contributed by atoms with Gasteiger partial charge in [0.2, 0.25) is 5.91 Å². The van der Waals surface area contributed by atoms with Crippen LogP contribution in [0.2, 0.25) is 0 Å². The van der Waals surface area contributed by atoms with Crippen LogP contribution in [-0.4, -0.2) is 29.3 Å². The van der Waals surface area contributed by atoms with Crippen LogP contribution in [0.5, 0.6) is 0 Å². The van der Waals surface area contributed by atoms with Crippen molar-refractivity contribution in [2.45, 2.75) is 38.8 Å². The molecule has 33 heavy (non-hydrogen) atoms. The Kier molecular flexibility index (Phi) is 6.18. The second-order valence-electron chi connectivity index (χ2n) is 9.13. The van der Waals surface area contributed by atoms with E-state index in [1.165, 1.54) is 0 Å². The first kappa shape index (κ1) is 22.5. The quantitative estimate of drug-likeness (QED) is 0.528. The number of fused-ring (bicyclic) bond motifs is 1. The highest BCUT2D eigenvalue weighted by molar-refractivity contribution is 6.10. The zero-order valence-electron chi connectivity index (χ0n) is 19.2. The fraction of sp³-hybridized carbons (Fsp3) is 0.296. The van der Waals surface area contributed by atoms with Crippen LogP contribution in [0.15, 0.2) is 72.8 Å².